The number of imidazole rings is 1. The maximum atomic E-state index is 10.7. The number of nitrogens with one attached hydrogen (secondary N) is 1. The first kappa shape index (κ1) is 20.0. The van der Waals surface area contributed by atoms with Crippen molar-refractivity contribution in [2.24, 2.45) is 0 Å². The number of aryl methyl sites for hydroxylation is 1. The minimum atomic E-state index is -0.242. The molecule has 0 radical (unpaired) electrons. The number of aromatic nitrogens is 2. The summed E-state index contributed by atoms with van der Waals surface area (Å²) in [5.74, 6) is 1.96. The van der Waals surface area contributed by atoms with Crippen molar-refractivity contribution in [2.45, 2.75) is 46.4 Å². The van der Waals surface area contributed by atoms with E-state index in [9.17, 15) is 5.11 Å². The summed E-state index contributed by atoms with van der Waals surface area (Å²) in [5, 5.41) is 19.4. The van der Waals surface area contributed by atoms with Gasteiger partial charge in [-0.2, -0.15) is 0 Å². The van der Waals surface area contributed by atoms with Gasteiger partial charge in [0.05, 0.1) is 23.2 Å². The second-order valence-corrected chi connectivity index (χ2v) is 8.55. The van der Waals surface area contributed by atoms with Crippen LogP contribution in [0.15, 0.2) is 54.3 Å². The molecule has 0 saturated heterocycles. The van der Waals surface area contributed by atoms with Crippen molar-refractivity contribution in [1.82, 2.24) is 14.5 Å². The number of hydrogen-bond acceptors (Lipinski definition) is 4. The zero-order valence-corrected chi connectivity index (χ0v) is 17.9. The summed E-state index contributed by atoms with van der Waals surface area (Å²) in [6, 6.07) is 15.8. The van der Waals surface area contributed by atoms with Crippen LogP contribution >= 0.6 is 0 Å². The van der Waals surface area contributed by atoms with Gasteiger partial charge in [-0.1, -0.05) is 24.3 Å². The van der Waals surface area contributed by atoms with Crippen molar-refractivity contribution in [3.8, 4) is 5.75 Å². The largest absolute Gasteiger partial charge is 0.510 e. The summed E-state index contributed by atoms with van der Waals surface area (Å²) in [4.78, 5) is 6.58. The summed E-state index contributed by atoms with van der Waals surface area (Å²) in [5.41, 5.74) is 3.21. The minimum Gasteiger partial charge on any atom is -0.510 e. The van der Waals surface area contributed by atoms with Crippen molar-refractivity contribution in [3.63, 3.8) is 0 Å². The average Bonchev–Trinajstić information content (AvgIpc) is 3.18. The monoisotopic (exact) mass is 404 g/mol. The highest BCUT2D eigenvalue weighted by molar-refractivity contribution is 6.23. The van der Waals surface area contributed by atoms with Gasteiger partial charge in [-0.25, -0.2) is 4.98 Å². The summed E-state index contributed by atoms with van der Waals surface area (Å²) in [7, 11) is 0. The zero-order chi connectivity index (χ0) is 21.5. The molecule has 0 unspecified atom stereocenters. The van der Waals surface area contributed by atoms with E-state index in [2.05, 4.69) is 4.57 Å². The van der Waals surface area contributed by atoms with Crippen LogP contribution in [0.4, 0.5) is 0 Å². The van der Waals surface area contributed by atoms with E-state index in [1.54, 1.807) is 0 Å². The molecule has 0 fully saturated rings. The van der Waals surface area contributed by atoms with E-state index in [0.29, 0.717) is 30.3 Å². The number of para-hydroxylation sites is 2. The summed E-state index contributed by atoms with van der Waals surface area (Å²) in [6.07, 6.45) is 0. The van der Waals surface area contributed by atoms with Crippen molar-refractivity contribution in [3.05, 3.63) is 65.7 Å². The molecule has 156 valence electrons. The van der Waals surface area contributed by atoms with Gasteiger partial charge >= 0.3 is 0 Å². The Bertz CT molecular complexity index is 1120. The number of rotatable bonds is 5. The minimum absolute atomic E-state index is 0.192. The van der Waals surface area contributed by atoms with Crippen molar-refractivity contribution in [1.29, 1.82) is 5.41 Å². The fraction of sp³-hybridized carbons (Fsp3) is 0.333. The van der Waals surface area contributed by atoms with Crippen LogP contribution < -0.4 is 4.74 Å². The van der Waals surface area contributed by atoms with Crippen LogP contribution in [-0.4, -0.2) is 37.5 Å². The predicted octanol–water partition coefficient (Wildman–Crippen LogP) is 5.00. The number of fused-ring (bicyclic) bond motifs is 1. The van der Waals surface area contributed by atoms with Gasteiger partial charge in [0.25, 0.3) is 0 Å². The molecule has 0 spiro atoms. The predicted molar refractivity (Wildman–Crippen MR) is 120 cm³/mol. The van der Waals surface area contributed by atoms with Gasteiger partial charge in [-0.3, -0.25) is 5.41 Å². The normalized spacial score (nSPS) is 14.8. The van der Waals surface area contributed by atoms with Crippen LogP contribution in [0.1, 0.15) is 39.1 Å². The van der Waals surface area contributed by atoms with Gasteiger partial charge < -0.3 is 19.3 Å². The number of benzene rings is 2. The average molecular weight is 405 g/mol. The Morgan fingerprint density at radius 2 is 1.80 bits per heavy atom. The van der Waals surface area contributed by atoms with Gasteiger partial charge in [-0.15, -0.1) is 0 Å². The molecule has 1 aliphatic rings. The Morgan fingerprint density at radius 3 is 2.47 bits per heavy atom. The second-order valence-electron chi connectivity index (χ2n) is 8.55. The molecule has 30 heavy (non-hydrogen) atoms. The third-order valence-electron chi connectivity index (χ3n) is 5.10. The Balaban J connectivity index is 1.56. The molecule has 1 aromatic heterocycles. The number of amidine groups is 1. The third-order valence-corrected chi connectivity index (χ3v) is 5.10. The molecule has 1 aliphatic heterocycles. The number of hydrogen-bond donors (Lipinski definition) is 2. The van der Waals surface area contributed by atoms with E-state index in [4.69, 9.17) is 15.1 Å². The lowest BCUT2D eigenvalue weighted by atomic mass is 10.1. The Hall–Kier alpha value is -3.28. The van der Waals surface area contributed by atoms with E-state index in [0.717, 1.165) is 28.9 Å². The zero-order valence-electron chi connectivity index (χ0n) is 17.9. The molecule has 2 aromatic carbocycles. The van der Waals surface area contributed by atoms with Crippen molar-refractivity contribution >= 4 is 22.4 Å². The molecule has 2 heterocycles. The summed E-state index contributed by atoms with van der Waals surface area (Å²) >= 11 is 0. The number of nitrogens with zero attached hydrogens (tertiary/aromatic N) is 3. The van der Waals surface area contributed by atoms with Crippen molar-refractivity contribution < 1.29 is 9.84 Å². The topological polar surface area (TPSA) is 74.4 Å². The molecule has 0 saturated carbocycles. The van der Waals surface area contributed by atoms with Crippen LogP contribution in [0, 0.1) is 5.41 Å². The van der Waals surface area contributed by atoms with Gasteiger partial charge in [-0.05, 0) is 57.5 Å². The van der Waals surface area contributed by atoms with Crippen LogP contribution in [-0.2, 0) is 13.1 Å². The Kier molecular flexibility index (Phi) is 5.02. The molecule has 0 bridgehead atoms. The maximum Gasteiger partial charge on any atom is 0.148 e. The van der Waals surface area contributed by atoms with Crippen molar-refractivity contribution in [2.75, 3.05) is 6.54 Å². The molecule has 6 heteroatoms. The van der Waals surface area contributed by atoms with Gasteiger partial charge in [0.2, 0.25) is 0 Å². The van der Waals surface area contributed by atoms with Crippen LogP contribution in [0.5, 0.6) is 5.75 Å². The molecular formula is C24H28N4O2. The molecule has 0 aliphatic carbocycles. The van der Waals surface area contributed by atoms with E-state index in [1.165, 1.54) is 0 Å². The fourth-order valence-corrected chi connectivity index (χ4v) is 3.83. The van der Waals surface area contributed by atoms with Gasteiger partial charge in [0, 0.05) is 13.1 Å². The van der Waals surface area contributed by atoms with Crippen LogP contribution in [0.3, 0.4) is 0 Å². The second kappa shape index (κ2) is 7.52. The highest BCUT2D eigenvalue weighted by atomic mass is 16.5. The summed E-state index contributed by atoms with van der Waals surface area (Å²) < 4.78 is 7.93. The third kappa shape index (κ3) is 3.77. The van der Waals surface area contributed by atoms with E-state index in [-0.39, 0.29) is 11.4 Å². The first-order chi connectivity index (χ1) is 14.3. The Labute approximate surface area is 176 Å². The van der Waals surface area contributed by atoms with Gasteiger partial charge in [0.1, 0.15) is 28.8 Å². The van der Waals surface area contributed by atoms with Crippen LogP contribution in [0.25, 0.3) is 16.6 Å². The molecule has 0 atom stereocenters. The smallest absolute Gasteiger partial charge is 0.148 e. The quantitative estimate of drug-likeness (QED) is 0.628. The lowest BCUT2D eigenvalue weighted by molar-refractivity contribution is 0.131. The fourth-order valence-electron chi connectivity index (χ4n) is 3.83. The first-order valence-corrected chi connectivity index (χ1v) is 10.3. The standard InChI is InChI=1S/C24H28N4O2/c1-5-28-19-9-7-6-8-18(19)26-23(28)21-20(29)15-27(22(21)25)14-16-10-12-17(13-11-16)30-24(2,3)4/h6-13,25,29H,5,14-15H2,1-4H3. The Morgan fingerprint density at radius 1 is 1.10 bits per heavy atom. The highest BCUT2D eigenvalue weighted by Crippen LogP contribution is 2.30. The number of aliphatic hydroxyl groups excluding tert-OH is 1. The lowest BCUT2D eigenvalue weighted by Crippen LogP contribution is -2.26. The molecular weight excluding hydrogens is 376 g/mol. The number of ether oxygens (including phenoxy) is 1. The highest BCUT2D eigenvalue weighted by Gasteiger charge is 2.31. The molecule has 3 aromatic rings. The van der Waals surface area contributed by atoms with E-state index >= 15 is 0 Å². The molecule has 0 amide bonds. The van der Waals surface area contributed by atoms with Gasteiger partial charge in [0.15, 0.2) is 0 Å². The number of aliphatic hydroxyl groups is 1. The first-order valence-electron chi connectivity index (χ1n) is 10.3. The van der Waals surface area contributed by atoms with E-state index < -0.39 is 0 Å². The van der Waals surface area contributed by atoms with E-state index in [1.807, 2.05) is 81.1 Å². The van der Waals surface area contributed by atoms with Crippen LogP contribution in [0.2, 0.25) is 0 Å². The maximum absolute atomic E-state index is 10.7. The molecule has 6 nitrogen and oxygen atoms in total. The lowest BCUT2D eigenvalue weighted by Gasteiger charge is -2.22. The summed E-state index contributed by atoms with van der Waals surface area (Å²) in [6.45, 7) is 9.67. The molecule has 2 N–H and O–H groups in total. The molecule has 4 rings (SSSR count). The SMILES string of the molecule is CCn1c(C2=C(O)CN(Cc3ccc(OC(C)(C)C)cc3)C2=N)nc2ccccc21.